The highest BCUT2D eigenvalue weighted by atomic mass is 16.5. The van der Waals surface area contributed by atoms with E-state index >= 15 is 0 Å². The Morgan fingerprint density at radius 3 is 2.81 bits per heavy atom. The fourth-order valence-corrected chi connectivity index (χ4v) is 1.93. The number of oxime groups is 1. The molecule has 0 bridgehead atoms. The molecule has 0 aliphatic rings. The zero-order chi connectivity index (χ0) is 15.4. The van der Waals surface area contributed by atoms with Crippen LogP contribution in [0.4, 0.5) is 0 Å². The molecule has 1 aromatic heterocycles. The van der Waals surface area contributed by atoms with E-state index in [9.17, 15) is 15.0 Å². The molecule has 1 aromatic carbocycles. The van der Waals surface area contributed by atoms with Gasteiger partial charge < -0.3 is 24.6 Å². The van der Waals surface area contributed by atoms with E-state index in [-0.39, 0.29) is 35.0 Å². The molecule has 2 aromatic rings. The Kier molecular flexibility index (Phi) is 4.13. The third-order valence-corrected chi connectivity index (χ3v) is 2.80. The molecule has 0 saturated heterocycles. The van der Waals surface area contributed by atoms with E-state index in [4.69, 9.17) is 9.62 Å². The summed E-state index contributed by atoms with van der Waals surface area (Å²) in [5.74, 6) is -0.412. The first-order valence-electron chi connectivity index (χ1n) is 5.94. The third kappa shape index (κ3) is 3.14. The number of esters is 1. The van der Waals surface area contributed by atoms with E-state index in [1.807, 2.05) is 0 Å². The lowest BCUT2D eigenvalue weighted by Crippen LogP contribution is -2.05. The molecule has 0 aliphatic carbocycles. The van der Waals surface area contributed by atoms with E-state index in [1.165, 1.54) is 19.2 Å². The van der Waals surface area contributed by atoms with Crippen LogP contribution in [0, 0.1) is 0 Å². The van der Waals surface area contributed by atoms with Crippen LogP contribution in [-0.4, -0.2) is 34.7 Å². The van der Waals surface area contributed by atoms with Gasteiger partial charge in [0.25, 0.3) is 0 Å². The molecule has 0 spiro atoms. The maximum absolute atomic E-state index is 11.4. The maximum atomic E-state index is 11.4. The maximum Gasteiger partial charge on any atom is 0.310 e. The summed E-state index contributed by atoms with van der Waals surface area (Å²) in [5.41, 5.74) is 0.608. The molecule has 0 radical (unpaired) electrons. The number of benzene rings is 1. The Morgan fingerprint density at radius 1 is 1.38 bits per heavy atom. The first-order valence-corrected chi connectivity index (χ1v) is 5.94. The van der Waals surface area contributed by atoms with Crippen LogP contribution >= 0.6 is 0 Å². The molecular weight excluding hydrogens is 278 g/mol. The molecule has 0 aliphatic heterocycles. The Bertz CT molecular complexity index is 689. The number of phenolic OH excluding ortho intramolecular Hbond substituents is 2. The minimum atomic E-state index is -0.523. The number of ether oxygens (including phenoxy) is 1. The van der Waals surface area contributed by atoms with Crippen LogP contribution in [0.2, 0.25) is 0 Å². The summed E-state index contributed by atoms with van der Waals surface area (Å²) < 4.78 is 9.97. The topological polar surface area (TPSA) is 112 Å². The van der Waals surface area contributed by atoms with Gasteiger partial charge in [-0.05, 0) is 23.8 Å². The molecule has 2 rings (SSSR count). The number of nitrogens with zero attached hydrogens (tertiary/aromatic N) is 1. The van der Waals surface area contributed by atoms with Gasteiger partial charge in [-0.1, -0.05) is 5.16 Å². The number of hydrogen-bond acceptors (Lipinski definition) is 7. The first kappa shape index (κ1) is 14.4. The van der Waals surface area contributed by atoms with Crippen molar-refractivity contribution in [1.82, 2.24) is 0 Å². The third-order valence-electron chi connectivity index (χ3n) is 2.80. The van der Waals surface area contributed by atoms with E-state index in [1.54, 1.807) is 6.07 Å². The van der Waals surface area contributed by atoms with Gasteiger partial charge in [-0.2, -0.15) is 0 Å². The van der Waals surface area contributed by atoms with Gasteiger partial charge in [-0.15, -0.1) is 0 Å². The van der Waals surface area contributed by atoms with Gasteiger partial charge >= 0.3 is 5.97 Å². The van der Waals surface area contributed by atoms with Crippen LogP contribution in [0.5, 0.6) is 11.5 Å². The zero-order valence-corrected chi connectivity index (χ0v) is 11.1. The van der Waals surface area contributed by atoms with Crippen molar-refractivity contribution < 1.29 is 29.4 Å². The molecule has 3 N–H and O–H groups in total. The SMILES string of the molecule is COC(=O)Cc1cc(O)cc(O)c1-c1ccc(C=NO)o1. The Balaban J connectivity index is 2.51. The highest BCUT2D eigenvalue weighted by molar-refractivity contribution is 5.81. The summed E-state index contributed by atoms with van der Waals surface area (Å²) in [5, 5.41) is 30.8. The number of hydrogen-bond donors (Lipinski definition) is 3. The van der Waals surface area contributed by atoms with Crippen molar-refractivity contribution in [2.24, 2.45) is 5.16 Å². The molecule has 0 unspecified atom stereocenters. The van der Waals surface area contributed by atoms with Crippen LogP contribution in [0.1, 0.15) is 11.3 Å². The van der Waals surface area contributed by atoms with E-state index in [0.717, 1.165) is 12.3 Å². The van der Waals surface area contributed by atoms with Crippen LogP contribution in [0.3, 0.4) is 0 Å². The van der Waals surface area contributed by atoms with Gasteiger partial charge in [0.05, 0.1) is 19.1 Å². The van der Waals surface area contributed by atoms with Crippen molar-refractivity contribution in [1.29, 1.82) is 0 Å². The average molecular weight is 291 g/mol. The molecule has 1 heterocycles. The second-order valence-corrected chi connectivity index (χ2v) is 4.20. The molecule has 7 nitrogen and oxygen atoms in total. The Morgan fingerprint density at radius 2 is 2.14 bits per heavy atom. The average Bonchev–Trinajstić information content (AvgIpc) is 2.86. The number of phenols is 2. The second kappa shape index (κ2) is 6.00. The summed E-state index contributed by atoms with van der Waals surface area (Å²) in [6, 6.07) is 5.56. The van der Waals surface area contributed by atoms with Crippen molar-refractivity contribution in [2.75, 3.05) is 7.11 Å². The number of furan rings is 1. The van der Waals surface area contributed by atoms with Crippen LogP contribution < -0.4 is 0 Å². The summed E-state index contributed by atoms with van der Waals surface area (Å²) in [6.45, 7) is 0. The van der Waals surface area contributed by atoms with Crippen molar-refractivity contribution in [3.05, 3.63) is 35.6 Å². The van der Waals surface area contributed by atoms with Crippen molar-refractivity contribution in [3.63, 3.8) is 0 Å². The molecule has 0 saturated carbocycles. The van der Waals surface area contributed by atoms with Crippen molar-refractivity contribution in [3.8, 4) is 22.8 Å². The van der Waals surface area contributed by atoms with Gasteiger partial charge in [-0.25, -0.2) is 0 Å². The molecule has 110 valence electrons. The summed E-state index contributed by atoms with van der Waals surface area (Å²) in [7, 11) is 1.24. The van der Waals surface area contributed by atoms with E-state index in [0.29, 0.717) is 5.56 Å². The predicted molar refractivity (Wildman–Crippen MR) is 72.6 cm³/mol. The quantitative estimate of drug-likeness (QED) is 0.343. The highest BCUT2D eigenvalue weighted by Crippen LogP contribution is 2.37. The van der Waals surface area contributed by atoms with E-state index < -0.39 is 5.97 Å². The van der Waals surface area contributed by atoms with Crippen LogP contribution in [-0.2, 0) is 16.0 Å². The number of methoxy groups -OCH3 is 1. The number of carbonyl (C=O) groups excluding carboxylic acids is 1. The normalized spacial score (nSPS) is 10.9. The van der Waals surface area contributed by atoms with Crippen molar-refractivity contribution >= 4 is 12.2 Å². The largest absolute Gasteiger partial charge is 0.508 e. The molecule has 7 heteroatoms. The number of rotatable bonds is 4. The van der Waals surface area contributed by atoms with Gasteiger partial charge in [0.1, 0.15) is 29.2 Å². The van der Waals surface area contributed by atoms with Crippen LogP contribution in [0.25, 0.3) is 11.3 Å². The standard InChI is InChI=1S/C14H13NO6/c1-20-13(18)5-8-4-9(16)6-11(17)14(8)12-3-2-10(21-12)7-15-19/h2-4,6-7,16-17,19H,5H2,1H3. The van der Waals surface area contributed by atoms with Crippen LogP contribution in [0.15, 0.2) is 33.8 Å². The number of aromatic hydroxyl groups is 2. The Labute approximate surface area is 119 Å². The van der Waals surface area contributed by atoms with Crippen molar-refractivity contribution in [2.45, 2.75) is 6.42 Å². The second-order valence-electron chi connectivity index (χ2n) is 4.20. The fraction of sp³-hybridized carbons (Fsp3) is 0.143. The van der Waals surface area contributed by atoms with E-state index in [2.05, 4.69) is 9.89 Å². The Hall–Kier alpha value is -2.96. The number of carbonyl (C=O) groups is 1. The minimum Gasteiger partial charge on any atom is -0.508 e. The molecule has 21 heavy (non-hydrogen) atoms. The molecule has 0 atom stereocenters. The monoisotopic (exact) mass is 291 g/mol. The first-order chi connectivity index (χ1) is 10.0. The summed E-state index contributed by atoms with van der Waals surface area (Å²) in [6.07, 6.45) is 0.943. The lowest BCUT2D eigenvalue weighted by Gasteiger charge is -2.09. The minimum absolute atomic E-state index is 0.141. The zero-order valence-electron chi connectivity index (χ0n) is 11.1. The molecule has 0 amide bonds. The lowest BCUT2D eigenvalue weighted by atomic mass is 10.0. The lowest BCUT2D eigenvalue weighted by molar-refractivity contribution is -0.139. The fourth-order valence-electron chi connectivity index (χ4n) is 1.93. The van der Waals surface area contributed by atoms with Gasteiger partial charge in [0.15, 0.2) is 0 Å². The molecule has 0 fully saturated rings. The van der Waals surface area contributed by atoms with Gasteiger partial charge in [-0.3, -0.25) is 4.79 Å². The predicted octanol–water partition coefficient (Wildman–Crippen LogP) is 1.88. The van der Waals surface area contributed by atoms with Gasteiger partial charge in [0, 0.05) is 6.07 Å². The molecular formula is C14H13NO6. The summed E-state index contributed by atoms with van der Waals surface area (Å²) >= 11 is 0. The summed E-state index contributed by atoms with van der Waals surface area (Å²) in [4.78, 5) is 11.4. The van der Waals surface area contributed by atoms with Gasteiger partial charge in [0.2, 0.25) is 0 Å². The smallest absolute Gasteiger partial charge is 0.310 e. The highest BCUT2D eigenvalue weighted by Gasteiger charge is 2.18.